The van der Waals surface area contributed by atoms with Crippen molar-refractivity contribution in [1.29, 1.82) is 5.26 Å². The largest absolute Gasteiger partial charge is 0.325 e. The van der Waals surface area contributed by atoms with E-state index in [-0.39, 0.29) is 11.9 Å². The number of amides is 3. The molecule has 2 N–H and O–H groups in total. The SMILES string of the molecule is CC(C)(C#N)CCCN1C(=O)NC2(CCNCC2)C1=O. The Bertz CT molecular complexity index is 447. The standard InChI is InChI=1S/C14H22N4O2/c1-13(2,10-15)4-3-9-18-11(19)14(17-12(18)20)5-7-16-8-6-14/h16H,3-9H2,1-2H3,(H,17,20). The van der Waals surface area contributed by atoms with Crippen molar-refractivity contribution >= 4 is 11.9 Å². The second-order valence-electron chi connectivity index (χ2n) is 6.32. The van der Waals surface area contributed by atoms with Gasteiger partial charge in [0.2, 0.25) is 0 Å². The zero-order valence-electron chi connectivity index (χ0n) is 12.2. The van der Waals surface area contributed by atoms with Gasteiger partial charge in [-0.05, 0) is 52.6 Å². The molecule has 20 heavy (non-hydrogen) atoms. The lowest BCUT2D eigenvalue weighted by Crippen LogP contribution is -2.53. The fraction of sp³-hybridized carbons (Fsp3) is 0.786. The molecule has 0 bridgehead atoms. The van der Waals surface area contributed by atoms with E-state index in [0.29, 0.717) is 32.2 Å². The van der Waals surface area contributed by atoms with Gasteiger partial charge in [-0.3, -0.25) is 9.69 Å². The van der Waals surface area contributed by atoms with Gasteiger partial charge >= 0.3 is 6.03 Å². The van der Waals surface area contributed by atoms with E-state index < -0.39 is 11.0 Å². The molecule has 110 valence electrons. The van der Waals surface area contributed by atoms with Crippen LogP contribution in [0.5, 0.6) is 0 Å². The highest BCUT2D eigenvalue weighted by atomic mass is 16.2. The third-order valence-electron chi connectivity index (χ3n) is 4.19. The highest BCUT2D eigenvalue weighted by Gasteiger charge is 2.51. The van der Waals surface area contributed by atoms with Gasteiger partial charge in [0.25, 0.3) is 5.91 Å². The number of nitriles is 1. The van der Waals surface area contributed by atoms with Crippen LogP contribution in [0.3, 0.4) is 0 Å². The van der Waals surface area contributed by atoms with Crippen molar-refractivity contribution < 1.29 is 9.59 Å². The van der Waals surface area contributed by atoms with E-state index in [0.717, 1.165) is 13.1 Å². The number of nitrogens with one attached hydrogen (secondary N) is 2. The monoisotopic (exact) mass is 278 g/mol. The molecule has 0 aromatic heterocycles. The van der Waals surface area contributed by atoms with Crippen LogP contribution in [0.4, 0.5) is 4.79 Å². The second-order valence-corrected chi connectivity index (χ2v) is 6.32. The molecule has 0 radical (unpaired) electrons. The molecular formula is C14H22N4O2. The summed E-state index contributed by atoms with van der Waals surface area (Å²) in [5.41, 5.74) is -1.10. The average Bonchev–Trinajstić information content (AvgIpc) is 2.64. The third kappa shape index (κ3) is 2.78. The Morgan fingerprint density at radius 3 is 2.60 bits per heavy atom. The normalized spacial score (nSPS) is 21.9. The first-order chi connectivity index (χ1) is 9.40. The van der Waals surface area contributed by atoms with Gasteiger partial charge in [0.05, 0.1) is 11.5 Å². The maximum atomic E-state index is 12.5. The van der Waals surface area contributed by atoms with E-state index >= 15 is 0 Å². The van der Waals surface area contributed by atoms with Gasteiger partial charge in [-0.1, -0.05) is 0 Å². The molecular weight excluding hydrogens is 256 g/mol. The number of carbonyl (C=O) groups is 2. The highest BCUT2D eigenvalue weighted by molar-refractivity contribution is 6.07. The summed E-state index contributed by atoms with van der Waals surface area (Å²) in [4.78, 5) is 25.8. The minimum Gasteiger partial charge on any atom is -0.323 e. The van der Waals surface area contributed by atoms with E-state index in [2.05, 4.69) is 16.7 Å². The van der Waals surface area contributed by atoms with E-state index in [1.54, 1.807) is 0 Å². The predicted octanol–water partition coefficient (Wildman–Crippen LogP) is 0.990. The van der Waals surface area contributed by atoms with Crippen LogP contribution in [0.2, 0.25) is 0 Å². The number of hydrogen-bond acceptors (Lipinski definition) is 4. The quantitative estimate of drug-likeness (QED) is 0.751. The summed E-state index contributed by atoms with van der Waals surface area (Å²) < 4.78 is 0. The van der Waals surface area contributed by atoms with Crippen molar-refractivity contribution in [1.82, 2.24) is 15.5 Å². The van der Waals surface area contributed by atoms with Gasteiger partial charge in [0.15, 0.2) is 0 Å². The number of rotatable bonds is 4. The molecule has 3 amide bonds. The predicted molar refractivity (Wildman–Crippen MR) is 73.7 cm³/mol. The Labute approximate surface area is 119 Å². The number of nitrogens with zero attached hydrogens (tertiary/aromatic N) is 2. The average molecular weight is 278 g/mol. The molecule has 2 rings (SSSR count). The summed E-state index contributed by atoms with van der Waals surface area (Å²) in [7, 11) is 0. The van der Waals surface area contributed by atoms with Crippen LogP contribution in [-0.4, -0.2) is 42.0 Å². The van der Waals surface area contributed by atoms with Crippen LogP contribution in [0.15, 0.2) is 0 Å². The van der Waals surface area contributed by atoms with Crippen LogP contribution < -0.4 is 10.6 Å². The number of piperidine rings is 1. The van der Waals surface area contributed by atoms with E-state index in [1.807, 2.05) is 13.8 Å². The first-order valence-electron chi connectivity index (χ1n) is 7.16. The Morgan fingerprint density at radius 1 is 1.35 bits per heavy atom. The Morgan fingerprint density at radius 2 is 2.00 bits per heavy atom. The lowest BCUT2D eigenvalue weighted by atomic mass is 9.88. The Hall–Kier alpha value is -1.61. The fourth-order valence-electron chi connectivity index (χ4n) is 2.81. The molecule has 0 saturated carbocycles. The zero-order chi connectivity index (χ0) is 14.8. The smallest absolute Gasteiger partial charge is 0.323 e. The Balaban J connectivity index is 1.94. The van der Waals surface area contributed by atoms with Crippen molar-refractivity contribution in [2.75, 3.05) is 19.6 Å². The molecule has 0 aliphatic carbocycles. The molecule has 0 aromatic carbocycles. The van der Waals surface area contributed by atoms with Crippen LogP contribution in [-0.2, 0) is 4.79 Å². The van der Waals surface area contributed by atoms with Crippen LogP contribution in [0.25, 0.3) is 0 Å². The van der Waals surface area contributed by atoms with Crippen molar-refractivity contribution in [3.05, 3.63) is 0 Å². The van der Waals surface area contributed by atoms with Gasteiger partial charge in [-0.2, -0.15) is 5.26 Å². The summed E-state index contributed by atoms with van der Waals surface area (Å²) >= 11 is 0. The highest BCUT2D eigenvalue weighted by Crippen LogP contribution is 2.28. The molecule has 2 aliphatic rings. The van der Waals surface area contributed by atoms with Crippen molar-refractivity contribution in [2.45, 2.75) is 45.1 Å². The van der Waals surface area contributed by atoms with E-state index in [9.17, 15) is 9.59 Å². The first-order valence-corrected chi connectivity index (χ1v) is 7.16. The molecule has 0 atom stereocenters. The van der Waals surface area contributed by atoms with Crippen molar-refractivity contribution in [3.63, 3.8) is 0 Å². The van der Waals surface area contributed by atoms with Crippen LogP contribution in [0, 0.1) is 16.7 Å². The Kier molecular flexibility index (Phi) is 4.00. The van der Waals surface area contributed by atoms with E-state index in [1.165, 1.54) is 4.90 Å². The van der Waals surface area contributed by atoms with Gasteiger partial charge < -0.3 is 10.6 Å². The molecule has 2 aliphatic heterocycles. The van der Waals surface area contributed by atoms with E-state index in [4.69, 9.17) is 5.26 Å². The molecule has 1 spiro atoms. The van der Waals surface area contributed by atoms with Gasteiger partial charge in [-0.25, -0.2) is 4.79 Å². The van der Waals surface area contributed by atoms with Gasteiger partial charge in [0.1, 0.15) is 5.54 Å². The molecule has 2 heterocycles. The maximum absolute atomic E-state index is 12.5. The lowest BCUT2D eigenvalue weighted by Gasteiger charge is -2.31. The van der Waals surface area contributed by atoms with Gasteiger partial charge in [0, 0.05) is 6.54 Å². The van der Waals surface area contributed by atoms with Gasteiger partial charge in [-0.15, -0.1) is 0 Å². The van der Waals surface area contributed by atoms with Crippen molar-refractivity contribution in [2.24, 2.45) is 5.41 Å². The number of urea groups is 1. The molecule has 6 nitrogen and oxygen atoms in total. The summed E-state index contributed by atoms with van der Waals surface area (Å²) in [6.45, 7) is 5.63. The van der Waals surface area contributed by atoms with Crippen LogP contribution in [0.1, 0.15) is 39.5 Å². The zero-order valence-corrected chi connectivity index (χ0v) is 12.2. The first kappa shape index (κ1) is 14.8. The number of hydrogen-bond donors (Lipinski definition) is 2. The third-order valence-corrected chi connectivity index (χ3v) is 4.19. The lowest BCUT2D eigenvalue weighted by molar-refractivity contribution is -0.132. The molecule has 6 heteroatoms. The molecule has 2 fully saturated rings. The second kappa shape index (κ2) is 5.41. The summed E-state index contributed by atoms with van der Waals surface area (Å²) in [6.07, 6.45) is 2.64. The minimum absolute atomic E-state index is 0.0984. The van der Waals surface area contributed by atoms with Crippen molar-refractivity contribution in [3.8, 4) is 6.07 Å². The van der Waals surface area contributed by atoms with Crippen LogP contribution >= 0.6 is 0 Å². The molecule has 0 aromatic rings. The number of carbonyl (C=O) groups excluding carboxylic acids is 2. The maximum Gasteiger partial charge on any atom is 0.325 e. The fourth-order valence-corrected chi connectivity index (χ4v) is 2.81. The summed E-state index contributed by atoms with van der Waals surface area (Å²) in [6, 6.07) is 1.95. The number of imide groups is 1. The molecule has 2 saturated heterocycles. The minimum atomic E-state index is -0.687. The molecule has 0 unspecified atom stereocenters. The summed E-state index contributed by atoms with van der Waals surface area (Å²) in [5, 5.41) is 15.0. The summed E-state index contributed by atoms with van der Waals surface area (Å²) in [5.74, 6) is -0.0984. The topological polar surface area (TPSA) is 85.2 Å².